The normalized spacial score (nSPS) is 11.2. The van der Waals surface area contributed by atoms with Gasteiger partial charge in [-0.15, -0.1) is 0 Å². The van der Waals surface area contributed by atoms with E-state index in [1.807, 2.05) is 60.8 Å². The van der Waals surface area contributed by atoms with E-state index in [0.29, 0.717) is 0 Å². The van der Waals surface area contributed by atoms with Gasteiger partial charge in [0.25, 0.3) is 0 Å². The molecule has 0 saturated carbocycles. The molecule has 0 aliphatic heterocycles. The zero-order valence-corrected chi connectivity index (χ0v) is 19.7. The smallest absolute Gasteiger partial charge is 0.165 e. The highest BCUT2D eigenvalue weighted by Crippen LogP contribution is 2.33. The number of hydrogen-bond donors (Lipinski definition) is 1. The first-order chi connectivity index (χ1) is 16.0. The van der Waals surface area contributed by atoms with Crippen molar-refractivity contribution in [2.75, 3.05) is 5.32 Å². The van der Waals surface area contributed by atoms with Gasteiger partial charge in [-0.2, -0.15) is 9.61 Å². The number of hydrogen-bond acceptors (Lipinski definition) is 3. The first kappa shape index (κ1) is 21.2. The summed E-state index contributed by atoms with van der Waals surface area (Å²) in [5.74, 6) is 0.909. The Bertz CT molecular complexity index is 1440. The van der Waals surface area contributed by atoms with E-state index >= 15 is 0 Å². The van der Waals surface area contributed by atoms with Gasteiger partial charge >= 0.3 is 0 Å². The van der Waals surface area contributed by atoms with Crippen LogP contribution in [0.2, 0.25) is 5.02 Å². The van der Waals surface area contributed by atoms with Crippen molar-refractivity contribution in [3.05, 3.63) is 112 Å². The Morgan fingerprint density at radius 1 is 0.848 bits per heavy atom. The molecule has 0 spiro atoms. The van der Waals surface area contributed by atoms with Gasteiger partial charge in [-0.05, 0) is 49.6 Å². The molecule has 2 heterocycles. The number of benzene rings is 3. The SMILES string of the molecule is Cc1ccc(Nc2c(Cc3ccccc3)c(C)nc3c(-c4ccccc4)c(C)nn23)cc1Cl. The molecule has 0 aliphatic carbocycles. The van der Waals surface area contributed by atoms with Gasteiger partial charge in [-0.1, -0.05) is 78.3 Å². The van der Waals surface area contributed by atoms with Crippen molar-refractivity contribution in [1.82, 2.24) is 14.6 Å². The molecule has 4 nitrogen and oxygen atoms in total. The number of fused-ring (bicyclic) bond motifs is 1. The number of aromatic nitrogens is 3. The van der Waals surface area contributed by atoms with E-state index in [2.05, 4.69) is 48.6 Å². The second-order valence-corrected chi connectivity index (χ2v) is 8.74. The molecule has 33 heavy (non-hydrogen) atoms. The molecule has 0 radical (unpaired) electrons. The van der Waals surface area contributed by atoms with Gasteiger partial charge in [0.05, 0.1) is 5.69 Å². The maximum atomic E-state index is 6.43. The molecule has 1 N–H and O–H groups in total. The van der Waals surface area contributed by atoms with Crippen LogP contribution in [-0.2, 0) is 6.42 Å². The molecule has 0 amide bonds. The Labute approximate surface area is 198 Å². The van der Waals surface area contributed by atoms with E-state index in [0.717, 1.165) is 62.2 Å². The first-order valence-electron chi connectivity index (χ1n) is 11.0. The maximum Gasteiger partial charge on any atom is 0.165 e. The minimum Gasteiger partial charge on any atom is -0.340 e. The van der Waals surface area contributed by atoms with Crippen molar-refractivity contribution in [1.29, 1.82) is 0 Å². The van der Waals surface area contributed by atoms with Crippen LogP contribution in [-0.4, -0.2) is 14.6 Å². The van der Waals surface area contributed by atoms with E-state index in [-0.39, 0.29) is 0 Å². The lowest BCUT2D eigenvalue weighted by Crippen LogP contribution is -2.09. The lowest BCUT2D eigenvalue weighted by atomic mass is 10.0. The molecule has 0 atom stereocenters. The number of halogens is 1. The minimum atomic E-state index is 0.730. The zero-order chi connectivity index (χ0) is 22.9. The summed E-state index contributed by atoms with van der Waals surface area (Å²) in [6, 6.07) is 26.8. The van der Waals surface area contributed by atoms with Gasteiger partial charge in [-0.3, -0.25) is 0 Å². The lowest BCUT2D eigenvalue weighted by Gasteiger charge is -2.17. The van der Waals surface area contributed by atoms with Gasteiger partial charge in [0.15, 0.2) is 5.65 Å². The van der Waals surface area contributed by atoms with E-state index in [1.54, 1.807) is 0 Å². The quantitative estimate of drug-likeness (QED) is 0.304. The van der Waals surface area contributed by atoms with Crippen LogP contribution in [0.3, 0.4) is 0 Å². The fourth-order valence-electron chi connectivity index (χ4n) is 4.19. The summed E-state index contributed by atoms with van der Waals surface area (Å²) in [6.45, 7) is 6.11. The molecule has 5 aromatic rings. The van der Waals surface area contributed by atoms with Gasteiger partial charge in [0.1, 0.15) is 5.82 Å². The average molecular weight is 453 g/mol. The van der Waals surface area contributed by atoms with Crippen LogP contribution in [0, 0.1) is 20.8 Å². The third-order valence-electron chi connectivity index (χ3n) is 5.96. The van der Waals surface area contributed by atoms with Gasteiger partial charge in [-0.25, -0.2) is 4.98 Å². The van der Waals surface area contributed by atoms with E-state index in [9.17, 15) is 0 Å². The number of anilines is 2. The number of aryl methyl sites for hydroxylation is 3. The third kappa shape index (κ3) is 4.10. The highest BCUT2D eigenvalue weighted by molar-refractivity contribution is 6.31. The molecule has 3 aromatic carbocycles. The maximum absolute atomic E-state index is 6.43. The topological polar surface area (TPSA) is 42.2 Å². The van der Waals surface area contributed by atoms with Gasteiger partial charge < -0.3 is 5.32 Å². The Kier molecular flexibility index (Phi) is 5.61. The Morgan fingerprint density at radius 2 is 1.55 bits per heavy atom. The standard InChI is InChI=1S/C28H25ClN4/c1-18-14-15-23(17-25(18)29)31-27-24(16-21-10-6-4-7-11-21)19(2)30-28-26(20(3)32-33(27)28)22-12-8-5-9-13-22/h4-15,17,31H,16H2,1-3H3. The van der Waals surface area contributed by atoms with E-state index in [4.69, 9.17) is 21.7 Å². The van der Waals surface area contributed by atoms with Crippen LogP contribution < -0.4 is 5.32 Å². The van der Waals surface area contributed by atoms with Crippen molar-refractivity contribution in [3.63, 3.8) is 0 Å². The predicted molar refractivity (Wildman–Crippen MR) is 137 cm³/mol. The molecule has 0 unspecified atom stereocenters. The average Bonchev–Trinajstić information content (AvgIpc) is 3.15. The van der Waals surface area contributed by atoms with Crippen molar-refractivity contribution < 1.29 is 0 Å². The fourth-order valence-corrected chi connectivity index (χ4v) is 4.37. The Hall–Kier alpha value is -3.63. The molecule has 5 heteroatoms. The molecule has 2 aromatic heterocycles. The van der Waals surface area contributed by atoms with Crippen molar-refractivity contribution in [2.45, 2.75) is 27.2 Å². The highest BCUT2D eigenvalue weighted by atomic mass is 35.5. The summed E-state index contributed by atoms with van der Waals surface area (Å²) >= 11 is 6.43. The van der Waals surface area contributed by atoms with Gasteiger partial charge in [0, 0.05) is 34.0 Å². The number of rotatable bonds is 5. The van der Waals surface area contributed by atoms with Crippen LogP contribution in [0.15, 0.2) is 78.9 Å². The monoisotopic (exact) mass is 452 g/mol. The summed E-state index contributed by atoms with van der Waals surface area (Å²) in [4.78, 5) is 5.04. The van der Waals surface area contributed by atoms with Crippen LogP contribution in [0.5, 0.6) is 0 Å². The summed E-state index contributed by atoms with van der Waals surface area (Å²) < 4.78 is 1.94. The van der Waals surface area contributed by atoms with E-state index in [1.165, 1.54) is 5.56 Å². The lowest BCUT2D eigenvalue weighted by molar-refractivity contribution is 0.895. The number of nitrogens with one attached hydrogen (secondary N) is 1. The molecular formula is C28H25ClN4. The molecular weight excluding hydrogens is 428 g/mol. The zero-order valence-electron chi connectivity index (χ0n) is 18.9. The van der Waals surface area contributed by atoms with Crippen molar-refractivity contribution in [2.24, 2.45) is 0 Å². The van der Waals surface area contributed by atoms with Gasteiger partial charge in [0.2, 0.25) is 0 Å². The van der Waals surface area contributed by atoms with Crippen molar-refractivity contribution in [3.8, 4) is 11.1 Å². The van der Waals surface area contributed by atoms with Crippen LogP contribution >= 0.6 is 11.6 Å². The van der Waals surface area contributed by atoms with E-state index < -0.39 is 0 Å². The number of nitrogens with zero attached hydrogens (tertiary/aromatic N) is 3. The third-order valence-corrected chi connectivity index (χ3v) is 6.37. The molecule has 0 saturated heterocycles. The Balaban J connectivity index is 1.73. The van der Waals surface area contributed by atoms with Crippen LogP contribution in [0.1, 0.15) is 28.1 Å². The van der Waals surface area contributed by atoms with Crippen molar-refractivity contribution >= 4 is 28.8 Å². The Morgan fingerprint density at radius 3 is 2.24 bits per heavy atom. The molecule has 164 valence electrons. The molecule has 0 fully saturated rings. The summed E-state index contributed by atoms with van der Waals surface area (Å²) in [7, 11) is 0. The summed E-state index contributed by atoms with van der Waals surface area (Å²) in [6.07, 6.45) is 0.747. The van der Waals surface area contributed by atoms with Crippen LogP contribution in [0.25, 0.3) is 16.8 Å². The second-order valence-electron chi connectivity index (χ2n) is 8.34. The predicted octanol–water partition coefficient (Wildman–Crippen LogP) is 7.31. The molecule has 0 aliphatic rings. The van der Waals surface area contributed by atoms with Crippen LogP contribution in [0.4, 0.5) is 11.5 Å². The largest absolute Gasteiger partial charge is 0.340 e. The summed E-state index contributed by atoms with van der Waals surface area (Å²) in [5, 5.41) is 9.27. The fraction of sp³-hybridized carbons (Fsp3) is 0.143. The molecule has 0 bridgehead atoms. The highest BCUT2D eigenvalue weighted by Gasteiger charge is 2.20. The first-order valence-corrected chi connectivity index (χ1v) is 11.4. The minimum absolute atomic E-state index is 0.730. The summed E-state index contributed by atoms with van der Waals surface area (Å²) in [5.41, 5.74) is 9.21. The molecule has 5 rings (SSSR count). The second kappa shape index (κ2) is 8.72.